The zero-order valence-corrected chi connectivity index (χ0v) is 13.7. The van der Waals surface area contributed by atoms with Gasteiger partial charge in [0.05, 0.1) is 0 Å². The van der Waals surface area contributed by atoms with Crippen molar-refractivity contribution < 1.29 is 5.11 Å². The number of hydrogen-bond acceptors (Lipinski definition) is 1. The van der Waals surface area contributed by atoms with Gasteiger partial charge in [-0.1, -0.05) is 0 Å². The van der Waals surface area contributed by atoms with Crippen LogP contribution in [0, 0.1) is 5.92 Å². The van der Waals surface area contributed by atoms with Gasteiger partial charge in [-0.2, -0.15) is 0 Å². The summed E-state index contributed by atoms with van der Waals surface area (Å²) in [6, 6.07) is 21.6. The monoisotopic (exact) mass is 344 g/mol. The summed E-state index contributed by atoms with van der Waals surface area (Å²) in [5, 5.41) is 10.4. The van der Waals surface area contributed by atoms with Crippen LogP contribution in [0.25, 0.3) is 10.0 Å². The molecular weight excluding hydrogens is 323 g/mol. The van der Waals surface area contributed by atoms with Gasteiger partial charge in [0.1, 0.15) is 0 Å². The fourth-order valence-electron chi connectivity index (χ4n) is 2.91. The molecule has 1 N–H and O–H groups in total. The van der Waals surface area contributed by atoms with Gasteiger partial charge in [-0.3, -0.25) is 0 Å². The van der Waals surface area contributed by atoms with Gasteiger partial charge in [-0.25, -0.2) is 0 Å². The van der Waals surface area contributed by atoms with E-state index in [0.29, 0.717) is 27.5 Å². The van der Waals surface area contributed by atoms with Crippen molar-refractivity contribution in [2.45, 2.75) is 18.2 Å². The average molecular weight is 343 g/mol. The Morgan fingerprint density at radius 3 is 2.14 bits per heavy atom. The third-order valence-corrected chi connectivity index (χ3v) is 6.67. The predicted molar refractivity (Wildman–Crippen MR) is 90.1 cm³/mol. The zero-order chi connectivity index (χ0) is 14.5. The van der Waals surface area contributed by atoms with E-state index in [-0.39, 0.29) is 0 Å². The molecule has 0 saturated heterocycles. The van der Waals surface area contributed by atoms with Crippen molar-refractivity contribution in [2.75, 3.05) is 6.61 Å². The number of hydrogen-bond donors (Lipinski definition) is 1. The molecule has 21 heavy (non-hydrogen) atoms. The SMILES string of the molecule is OCCCC1C[Se]C(c2ccccc2)=C1c1ccccc1. The van der Waals surface area contributed by atoms with Crippen molar-refractivity contribution >= 4 is 25.0 Å². The second-order valence-electron chi connectivity index (χ2n) is 5.35. The van der Waals surface area contributed by atoms with Crippen LogP contribution in [0.15, 0.2) is 60.7 Å². The second-order valence-corrected chi connectivity index (χ2v) is 7.51. The Labute approximate surface area is 132 Å². The molecule has 2 aromatic rings. The third kappa shape index (κ3) is 3.29. The minimum absolute atomic E-state index is 0.298. The summed E-state index contributed by atoms with van der Waals surface area (Å²) in [6.07, 6.45) is 2.00. The Morgan fingerprint density at radius 1 is 0.905 bits per heavy atom. The topological polar surface area (TPSA) is 20.2 Å². The average Bonchev–Trinajstić information content (AvgIpc) is 2.98. The number of aliphatic hydroxyl groups excluding tert-OH is 1. The molecule has 1 aliphatic rings. The summed E-state index contributed by atoms with van der Waals surface area (Å²) in [7, 11) is 0. The van der Waals surface area contributed by atoms with E-state index in [1.54, 1.807) is 4.47 Å². The molecule has 0 amide bonds. The summed E-state index contributed by atoms with van der Waals surface area (Å²) < 4.78 is 1.55. The molecule has 0 aliphatic carbocycles. The molecule has 0 aromatic heterocycles. The molecule has 1 nitrogen and oxygen atoms in total. The van der Waals surface area contributed by atoms with Crippen molar-refractivity contribution in [3.63, 3.8) is 0 Å². The molecule has 0 fully saturated rings. The van der Waals surface area contributed by atoms with E-state index in [1.807, 2.05) is 0 Å². The summed E-state index contributed by atoms with van der Waals surface area (Å²) >= 11 is 0.534. The van der Waals surface area contributed by atoms with Gasteiger partial charge in [0.2, 0.25) is 0 Å². The Hall–Kier alpha value is -1.34. The van der Waals surface area contributed by atoms with Crippen LogP contribution in [0.2, 0.25) is 5.32 Å². The number of aliphatic hydroxyl groups is 1. The number of allylic oxidation sites excluding steroid dienone is 1. The van der Waals surface area contributed by atoms with E-state index in [2.05, 4.69) is 60.7 Å². The van der Waals surface area contributed by atoms with Gasteiger partial charge in [0.25, 0.3) is 0 Å². The normalized spacial score (nSPS) is 18.2. The fourth-order valence-corrected chi connectivity index (χ4v) is 5.94. The molecule has 2 heteroatoms. The Balaban J connectivity index is 2.03. The fraction of sp³-hybridized carbons (Fsp3) is 0.263. The van der Waals surface area contributed by atoms with E-state index < -0.39 is 0 Å². The molecule has 1 aliphatic heterocycles. The third-order valence-electron chi connectivity index (χ3n) is 3.91. The first-order chi connectivity index (χ1) is 10.4. The summed E-state index contributed by atoms with van der Waals surface area (Å²) in [4.78, 5) is 0. The van der Waals surface area contributed by atoms with E-state index in [9.17, 15) is 0 Å². The van der Waals surface area contributed by atoms with Crippen LogP contribution in [0.3, 0.4) is 0 Å². The molecule has 1 heterocycles. The van der Waals surface area contributed by atoms with Crippen LogP contribution in [0.4, 0.5) is 0 Å². The van der Waals surface area contributed by atoms with E-state index >= 15 is 0 Å². The van der Waals surface area contributed by atoms with Crippen molar-refractivity contribution in [2.24, 2.45) is 5.92 Å². The maximum absolute atomic E-state index is 9.16. The molecule has 108 valence electrons. The molecule has 0 radical (unpaired) electrons. The van der Waals surface area contributed by atoms with Gasteiger partial charge in [0.15, 0.2) is 0 Å². The van der Waals surface area contributed by atoms with Gasteiger partial charge in [-0.05, 0) is 0 Å². The van der Waals surface area contributed by atoms with Gasteiger partial charge in [0, 0.05) is 0 Å². The van der Waals surface area contributed by atoms with Crippen LogP contribution in [-0.2, 0) is 0 Å². The second kappa shape index (κ2) is 7.08. The van der Waals surface area contributed by atoms with Crippen LogP contribution < -0.4 is 0 Å². The van der Waals surface area contributed by atoms with Crippen molar-refractivity contribution in [3.05, 3.63) is 71.8 Å². The van der Waals surface area contributed by atoms with Crippen LogP contribution in [-0.4, -0.2) is 26.7 Å². The first kappa shape index (κ1) is 14.6. The number of benzene rings is 2. The molecule has 0 bridgehead atoms. The van der Waals surface area contributed by atoms with Crippen LogP contribution in [0.5, 0.6) is 0 Å². The van der Waals surface area contributed by atoms with E-state index in [1.165, 1.54) is 22.0 Å². The van der Waals surface area contributed by atoms with E-state index in [0.717, 1.165) is 12.8 Å². The minimum atomic E-state index is 0.298. The standard InChI is InChI=1S/C19H20OSe/c20-13-7-12-17-14-21-19(16-10-5-2-6-11-16)18(17)15-8-3-1-4-9-15/h1-6,8-11,17,20H,7,12-14H2. The zero-order valence-electron chi connectivity index (χ0n) is 12.0. The molecule has 3 rings (SSSR count). The number of rotatable bonds is 5. The van der Waals surface area contributed by atoms with Crippen molar-refractivity contribution in [1.82, 2.24) is 0 Å². The molecule has 1 unspecified atom stereocenters. The molecule has 0 spiro atoms. The maximum atomic E-state index is 9.16. The van der Waals surface area contributed by atoms with Crippen molar-refractivity contribution in [3.8, 4) is 0 Å². The van der Waals surface area contributed by atoms with Gasteiger partial charge < -0.3 is 0 Å². The Bertz CT molecular complexity index is 604. The first-order valence-corrected chi connectivity index (χ1v) is 9.55. The Kier molecular flexibility index (Phi) is 4.92. The molecule has 1 atom stereocenters. The van der Waals surface area contributed by atoms with Crippen molar-refractivity contribution in [1.29, 1.82) is 0 Å². The van der Waals surface area contributed by atoms with Crippen LogP contribution >= 0.6 is 0 Å². The molecule has 2 aromatic carbocycles. The van der Waals surface area contributed by atoms with Crippen LogP contribution in [0.1, 0.15) is 24.0 Å². The summed E-state index contributed by atoms with van der Waals surface area (Å²) in [6.45, 7) is 0.298. The van der Waals surface area contributed by atoms with Gasteiger partial charge >= 0.3 is 133 Å². The van der Waals surface area contributed by atoms with Gasteiger partial charge in [-0.15, -0.1) is 0 Å². The summed E-state index contributed by atoms with van der Waals surface area (Å²) in [5.74, 6) is 0.606. The molecule has 0 saturated carbocycles. The first-order valence-electron chi connectivity index (χ1n) is 7.49. The Morgan fingerprint density at radius 2 is 1.52 bits per heavy atom. The van der Waals surface area contributed by atoms with E-state index in [4.69, 9.17) is 5.11 Å². The summed E-state index contributed by atoms with van der Waals surface area (Å²) in [5.41, 5.74) is 4.26. The predicted octanol–water partition coefficient (Wildman–Crippen LogP) is 4.08. The molecular formula is C19H20OSe. The quantitative estimate of drug-likeness (QED) is 0.811.